The summed E-state index contributed by atoms with van der Waals surface area (Å²) < 4.78 is 0.982. The summed E-state index contributed by atoms with van der Waals surface area (Å²) in [5, 5.41) is 2.43. The third-order valence-electron chi connectivity index (χ3n) is 3.27. The Kier molecular flexibility index (Phi) is 4.13. The van der Waals surface area contributed by atoms with Gasteiger partial charge < -0.3 is 0 Å². The van der Waals surface area contributed by atoms with Gasteiger partial charge in [0.2, 0.25) is 0 Å². The molecule has 0 bridgehead atoms. The van der Waals surface area contributed by atoms with E-state index in [0.29, 0.717) is 0 Å². The smallest absolute Gasteiger partial charge is 0.160 e. The van der Waals surface area contributed by atoms with E-state index in [0.717, 1.165) is 19.8 Å². The minimum Gasteiger partial charge on any atom is -0.294 e. The topological polar surface area (TPSA) is 17.1 Å². The maximum absolute atomic E-state index is 11.8. The maximum atomic E-state index is 11.8. The predicted molar refractivity (Wildman–Crippen MR) is 92.2 cm³/mol. The average molecular weight is 357 g/mol. The fraction of sp³-hybridized carbons (Fsp3) is 0.0556. The monoisotopic (exact) mass is 356 g/mol. The molecule has 0 heterocycles. The lowest BCUT2D eigenvalue weighted by Gasteiger charge is -2.08. The molecule has 0 aliphatic heterocycles. The fourth-order valence-electron chi connectivity index (χ4n) is 2.23. The highest BCUT2D eigenvalue weighted by atomic mass is 79.9. The van der Waals surface area contributed by atoms with Gasteiger partial charge in [0.15, 0.2) is 5.78 Å². The van der Waals surface area contributed by atoms with Crippen LogP contribution in [0.25, 0.3) is 10.8 Å². The zero-order valence-electron chi connectivity index (χ0n) is 11.5. The highest BCUT2D eigenvalue weighted by Gasteiger charge is 2.09. The molecule has 1 nitrogen and oxygen atoms in total. The summed E-state index contributed by atoms with van der Waals surface area (Å²) in [5.41, 5.74) is 0.761. The molecule has 0 saturated carbocycles. The van der Waals surface area contributed by atoms with Crippen LogP contribution < -0.4 is 0 Å². The summed E-state index contributed by atoms with van der Waals surface area (Å²) in [6.45, 7) is 1.60. The SMILES string of the molecule is CC(=O)c1ccc(Br)cc1Sc1ccc2ccccc2c1. The molecule has 0 spiro atoms. The van der Waals surface area contributed by atoms with E-state index in [1.165, 1.54) is 10.8 Å². The molecule has 21 heavy (non-hydrogen) atoms. The van der Waals surface area contributed by atoms with Gasteiger partial charge >= 0.3 is 0 Å². The lowest BCUT2D eigenvalue weighted by molar-refractivity contribution is 0.101. The first-order valence-corrected chi connectivity index (χ1v) is 8.21. The van der Waals surface area contributed by atoms with Crippen LogP contribution in [0, 0.1) is 0 Å². The molecule has 0 fully saturated rings. The minimum absolute atomic E-state index is 0.0887. The number of fused-ring (bicyclic) bond motifs is 1. The molecule has 0 radical (unpaired) electrons. The van der Waals surface area contributed by atoms with Crippen molar-refractivity contribution in [1.29, 1.82) is 0 Å². The number of carbonyl (C=O) groups is 1. The zero-order valence-corrected chi connectivity index (χ0v) is 13.9. The molecule has 3 heteroatoms. The van der Waals surface area contributed by atoms with Crippen molar-refractivity contribution in [2.24, 2.45) is 0 Å². The summed E-state index contributed by atoms with van der Waals surface area (Å²) in [4.78, 5) is 13.9. The summed E-state index contributed by atoms with van der Waals surface area (Å²) in [6, 6.07) is 20.4. The van der Waals surface area contributed by atoms with E-state index >= 15 is 0 Å². The van der Waals surface area contributed by atoms with Crippen LogP contribution in [0.4, 0.5) is 0 Å². The molecule has 104 valence electrons. The molecular formula is C18H13BrOS. The van der Waals surface area contributed by atoms with Crippen molar-refractivity contribution in [2.75, 3.05) is 0 Å². The van der Waals surface area contributed by atoms with Crippen molar-refractivity contribution in [2.45, 2.75) is 16.7 Å². The zero-order chi connectivity index (χ0) is 14.8. The average Bonchev–Trinajstić information content (AvgIpc) is 2.47. The van der Waals surface area contributed by atoms with Gasteiger partial charge in [-0.15, -0.1) is 0 Å². The normalized spacial score (nSPS) is 10.8. The Morgan fingerprint density at radius 3 is 2.48 bits per heavy atom. The van der Waals surface area contributed by atoms with E-state index in [1.54, 1.807) is 18.7 Å². The van der Waals surface area contributed by atoms with E-state index in [-0.39, 0.29) is 5.78 Å². The molecule has 0 N–H and O–H groups in total. The first kappa shape index (κ1) is 14.4. The van der Waals surface area contributed by atoms with Crippen molar-refractivity contribution < 1.29 is 4.79 Å². The van der Waals surface area contributed by atoms with Crippen molar-refractivity contribution in [3.63, 3.8) is 0 Å². The number of ketones is 1. The number of hydrogen-bond donors (Lipinski definition) is 0. The van der Waals surface area contributed by atoms with Gasteiger partial charge in [-0.2, -0.15) is 0 Å². The van der Waals surface area contributed by atoms with E-state index in [9.17, 15) is 4.79 Å². The molecule has 0 aromatic heterocycles. The highest BCUT2D eigenvalue weighted by molar-refractivity contribution is 9.10. The minimum atomic E-state index is 0.0887. The Hall–Kier alpha value is -1.58. The Labute approximate surface area is 136 Å². The maximum Gasteiger partial charge on any atom is 0.160 e. The fourth-order valence-corrected chi connectivity index (χ4v) is 3.83. The largest absolute Gasteiger partial charge is 0.294 e. The predicted octanol–water partition coefficient (Wildman–Crippen LogP) is 5.96. The van der Waals surface area contributed by atoms with Crippen LogP contribution in [-0.4, -0.2) is 5.78 Å². The van der Waals surface area contributed by atoms with Gasteiger partial charge in [-0.1, -0.05) is 58.0 Å². The van der Waals surface area contributed by atoms with E-state index in [2.05, 4.69) is 46.3 Å². The van der Waals surface area contributed by atoms with Gasteiger partial charge in [-0.25, -0.2) is 0 Å². The first-order chi connectivity index (χ1) is 10.1. The van der Waals surface area contributed by atoms with Crippen LogP contribution in [0.1, 0.15) is 17.3 Å². The molecule has 0 atom stereocenters. The van der Waals surface area contributed by atoms with Crippen LogP contribution in [0.5, 0.6) is 0 Å². The van der Waals surface area contributed by atoms with Crippen molar-refractivity contribution in [1.82, 2.24) is 0 Å². The molecule has 0 aliphatic rings. The van der Waals surface area contributed by atoms with Gasteiger partial charge in [0.25, 0.3) is 0 Å². The number of hydrogen-bond acceptors (Lipinski definition) is 2. The van der Waals surface area contributed by atoms with Crippen LogP contribution in [-0.2, 0) is 0 Å². The number of carbonyl (C=O) groups excluding carboxylic acids is 1. The summed E-state index contributed by atoms with van der Waals surface area (Å²) in [5.74, 6) is 0.0887. The van der Waals surface area contributed by atoms with Gasteiger partial charge in [0.05, 0.1) is 0 Å². The second kappa shape index (κ2) is 6.04. The number of benzene rings is 3. The lowest BCUT2D eigenvalue weighted by atomic mass is 10.1. The second-order valence-corrected chi connectivity index (χ2v) is 6.84. The molecule has 0 unspecified atom stereocenters. The highest BCUT2D eigenvalue weighted by Crippen LogP contribution is 2.34. The Morgan fingerprint density at radius 1 is 0.952 bits per heavy atom. The first-order valence-electron chi connectivity index (χ1n) is 6.60. The molecule has 3 rings (SSSR count). The molecule has 0 aliphatic carbocycles. The van der Waals surface area contributed by atoms with Crippen molar-refractivity contribution in [3.05, 3.63) is 70.7 Å². The standard InChI is InChI=1S/C18H13BrOS/c1-12(20)17-9-7-15(19)11-18(17)21-16-8-6-13-4-2-3-5-14(13)10-16/h2-11H,1H3. The Balaban J connectivity index is 2.02. The molecular weight excluding hydrogens is 344 g/mol. The van der Waals surface area contributed by atoms with Crippen LogP contribution in [0.2, 0.25) is 0 Å². The third kappa shape index (κ3) is 3.20. The molecule has 3 aromatic rings. The molecule has 0 saturated heterocycles. The van der Waals surface area contributed by atoms with Gasteiger partial charge in [-0.05, 0) is 48.0 Å². The van der Waals surface area contributed by atoms with Crippen molar-refractivity contribution >= 4 is 44.2 Å². The third-order valence-corrected chi connectivity index (χ3v) is 4.81. The van der Waals surface area contributed by atoms with E-state index < -0.39 is 0 Å². The van der Waals surface area contributed by atoms with Gasteiger partial charge in [0.1, 0.15) is 0 Å². The van der Waals surface area contributed by atoms with Gasteiger partial charge in [-0.3, -0.25) is 4.79 Å². The van der Waals surface area contributed by atoms with Gasteiger partial charge in [0, 0.05) is 19.8 Å². The van der Waals surface area contributed by atoms with Crippen LogP contribution in [0.15, 0.2) is 74.9 Å². The van der Waals surface area contributed by atoms with E-state index in [4.69, 9.17) is 0 Å². The number of rotatable bonds is 3. The second-order valence-electron chi connectivity index (χ2n) is 4.81. The van der Waals surface area contributed by atoms with Crippen LogP contribution in [0.3, 0.4) is 0 Å². The molecule has 3 aromatic carbocycles. The molecule has 0 amide bonds. The number of halogens is 1. The van der Waals surface area contributed by atoms with Crippen LogP contribution >= 0.6 is 27.7 Å². The quantitative estimate of drug-likeness (QED) is 0.538. The summed E-state index contributed by atoms with van der Waals surface area (Å²) in [6.07, 6.45) is 0. The van der Waals surface area contributed by atoms with Crippen molar-refractivity contribution in [3.8, 4) is 0 Å². The Morgan fingerprint density at radius 2 is 1.71 bits per heavy atom. The van der Waals surface area contributed by atoms with E-state index in [1.807, 2.05) is 30.3 Å². The number of Topliss-reactive ketones (excluding diaryl/α,β-unsaturated/α-hetero) is 1. The Bertz CT molecular complexity index is 826. The summed E-state index contributed by atoms with van der Waals surface area (Å²) >= 11 is 5.09. The lowest BCUT2D eigenvalue weighted by Crippen LogP contribution is -1.94. The summed E-state index contributed by atoms with van der Waals surface area (Å²) in [7, 11) is 0.